The Labute approximate surface area is 221 Å². The van der Waals surface area contributed by atoms with Crippen LogP contribution < -0.4 is 15.8 Å². The Hall–Kier alpha value is -4.70. The van der Waals surface area contributed by atoms with Gasteiger partial charge in [-0.3, -0.25) is 14.0 Å². The number of amides is 1. The number of nitrogens with zero attached hydrogens (tertiary/aromatic N) is 4. The summed E-state index contributed by atoms with van der Waals surface area (Å²) in [4.78, 5) is 33.4. The highest BCUT2D eigenvalue weighted by Gasteiger charge is 2.25. The summed E-state index contributed by atoms with van der Waals surface area (Å²) in [6.45, 7) is 1.78. The van der Waals surface area contributed by atoms with E-state index in [9.17, 15) is 14.9 Å². The SMILES string of the molecule is N#CC(=Cc1c(N2CCC(Cc3ccccc3)CC2)nc2ccccn2c1=O)C(=O)NCc1ccccc1. The predicted molar refractivity (Wildman–Crippen MR) is 148 cm³/mol. The Morgan fingerprint density at radius 3 is 2.32 bits per heavy atom. The maximum Gasteiger partial charge on any atom is 0.267 e. The number of carbonyl (C=O) groups is 1. The fraction of sp³-hybridized carbons (Fsp3) is 0.226. The molecular weight excluding hydrogens is 474 g/mol. The number of carbonyl (C=O) groups excluding carboxylic acids is 1. The summed E-state index contributed by atoms with van der Waals surface area (Å²) in [6.07, 6.45) is 6.00. The molecule has 1 fully saturated rings. The van der Waals surface area contributed by atoms with Crippen LogP contribution in [-0.4, -0.2) is 28.4 Å². The van der Waals surface area contributed by atoms with Crippen molar-refractivity contribution >= 4 is 23.4 Å². The molecule has 0 bridgehead atoms. The van der Waals surface area contributed by atoms with Crippen LogP contribution >= 0.6 is 0 Å². The first-order valence-corrected chi connectivity index (χ1v) is 12.9. The van der Waals surface area contributed by atoms with Crippen LogP contribution in [0.5, 0.6) is 0 Å². The molecule has 4 aromatic rings. The second kappa shape index (κ2) is 11.6. The number of nitrogens with one attached hydrogen (secondary N) is 1. The van der Waals surface area contributed by atoms with Crippen molar-refractivity contribution in [1.29, 1.82) is 5.26 Å². The Morgan fingerprint density at radius 2 is 1.63 bits per heavy atom. The fourth-order valence-electron chi connectivity index (χ4n) is 4.92. The lowest BCUT2D eigenvalue weighted by atomic mass is 9.90. The van der Waals surface area contributed by atoms with Crippen LogP contribution in [0.15, 0.2) is 95.4 Å². The van der Waals surface area contributed by atoms with Crippen LogP contribution in [0.25, 0.3) is 11.7 Å². The van der Waals surface area contributed by atoms with E-state index in [4.69, 9.17) is 4.98 Å². The molecule has 2 aromatic heterocycles. The number of rotatable bonds is 7. The van der Waals surface area contributed by atoms with E-state index in [0.717, 1.165) is 37.9 Å². The third-order valence-corrected chi connectivity index (χ3v) is 6.98. The predicted octanol–water partition coefficient (Wildman–Crippen LogP) is 4.38. The first-order chi connectivity index (χ1) is 18.6. The van der Waals surface area contributed by atoms with Crippen molar-refractivity contribution < 1.29 is 4.79 Å². The average Bonchev–Trinajstić information content (AvgIpc) is 2.97. The van der Waals surface area contributed by atoms with Gasteiger partial charge in [-0.15, -0.1) is 0 Å². The highest BCUT2D eigenvalue weighted by atomic mass is 16.1. The van der Waals surface area contributed by atoms with Crippen molar-refractivity contribution in [2.75, 3.05) is 18.0 Å². The van der Waals surface area contributed by atoms with Crippen molar-refractivity contribution in [1.82, 2.24) is 14.7 Å². The maximum atomic E-state index is 13.6. The van der Waals surface area contributed by atoms with E-state index in [1.165, 1.54) is 16.0 Å². The van der Waals surface area contributed by atoms with E-state index in [-0.39, 0.29) is 23.2 Å². The van der Waals surface area contributed by atoms with Gasteiger partial charge in [0.25, 0.3) is 11.5 Å². The Bertz CT molecular complexity index is 1550. The molecule has 7 nitrogen and oxygen atoms in total. The minimum absolute atomic E-state index is 0.129. The number of benzene rings is 2. The Morgan fingerprint density at radius 1 is 0.974 bits per heavy atom. The highest BCUT2D eigenvalue weighted by Crippen LogP contribution is 2.27. The van der Waals surface area contributed by atoms with Crippen LogP contribution in [-0.2, 0) is 17.8 Å². The van der Waals surface area contributed by atoms with Gasteiger partial charge in [0.2, 0.25) is 0 Å². The monoisotopic (exact) mass is 503 g/mol. The molecule has 7 heteroatoms. The van der Waals surface area contributed by atoms with E-state index < -0.39 is 5.91 Å². The molecule has 0 radical (unpaired) electrons. The third kappa shape index (κ3) is 5.65. The molecule has 1 N–H and O–H groups in total. The zero-order valence-electron chi connectivity index (χ0n) is 21.1. The second-order valence-corrected chi connectivity index (χ2v) is 9.54. The van der Waals surface area contributed by atoms with Gasteiger partial charge in [0, 0.05) is 25.8 Å². The smallest absolute Gasteiger partial charge is 0.267 e. The number of hydrogen-bond donors (Lipinski definition) is 1. The van der Waals surface area contributed by atoms with Crippen molar-refractivity contribution in [3.05, 3.63) is 118 Å². The lowest BCUT2D eigenvalue weighted by molar-refractivity contribution is -0.117. The van der Waals surface area contributed by atoms with Crippen LogP contribution in [0, 0.1) is 17.2 Å². The van der Waals surface area contributed by atoms with Crippen molar-refractivity contribution in [2.24, 2.45) is 5.92 Å². The molecule has 1 aliphatic heterocycles. The number of piperidine rings is 1. The van der Waals surface area contributed by atoms with Crippen molar-refractivity contribution in [3.63, 3.8) is 0 Å². The summed E-state index contributed by atoms with van der Waals surface area (Å²) in [7, 11) is 0. The molecule has 0 spiro atoms. The topological polar surface area (TPSA) is 90.5 Å². The minimum Gasteiger partial charge on any atom is -0.356 e. The first-order valence-electron chi connectivity index (χ1n) is 12.9. The standard InChI is InChI=1S/C31H29N5O2/c32-21-26(30(37)33-22-25-11-5-2-6-12-25)20-27-29(34-28-13-7-8-16-36(28)31(27)38)35-17-14-24(15-18-35)19-23-9-3-1-4-10-23/h1-13,16,20,24H,14-15,17-19,22H2,(H,33,37). The van der Waals surface area contributed by atoms with Gasteiger partial charge in [-0.1, -0.05) is 66.7 Å². The lowest BCUT2D eigenvalue weighted by Gasteiger charge is -2.33. The lowest BCUT2D eigenvalue weighted by Crippen LogP contribution is -2.37. The average molecular weight is 504 g/mol. The molecule has 2 aromatic carbocycles. The van der Waals surface area contributed by atoms with E-state index in [1.54, 1.807) is 18.3 Å². The molecule has 1 saturated heterocycles. The van der Waals surface area contributed by atoms with Gasteiger partial charge >= 0.3 is 0 Å². The summed E-state index contributed by atoms with van der Waals surface area (Å²) in [5.41, 5.74) is 2.60. The number of pyridine rings is 1. The molecule has 190 valence electrons. The van der Waals surface area contributed by atoms with Crippen LogP contribution in [0.1, 0.15) is 29.5 Å². The van der Waals surface area contributed by atoms with E-state index >= 15 is 0 Å². The number of hydrogen-bond acceptors (Lipinski definition) is 5. The largest absolute Gasteiger partial charge is 0.356 e. The number of fused-ring (bicyclic) bond motifs is 1. The summed E-state index contributed by atoms with van der Waals surface area (Å²) in [6, 6.07) is 27.3. The molecular formula is C31H29N5O2. The van der Waals surface area contributed by atoms with Crippen molar-refractivity contribution in [3.8, 4) is 6.07 Å². The summed E-state index contributed by atoms with van der Waals surface area (Å²) in [5.74, 6) is 0.539. The second-order valence-electron chi connectivity index (χ2n) is 9.54. The van der Waals surface area contributed by atoms with Gasteiger partial charge in [0.15, 0.2) is 0 Å². The molecule has 0 aliphatic carbocycles. The Kier molecular flexibility index (Phi) is 7.60. The molecule has 3 heterocycles. The maximum absolute atomic E-state index is 13.6. The molecule has 1 amide bonds. The van der Waals surface area contributed by atoms with Gasteiger partial charge < -0.3 is 10.2 Å². The molecule has 0 saturated carbocycles. The van der Waals surface area contributed by atoms with Crippen LogP contribution in [0.2, 0.25) is 0 Å². The zero-order valence-corrected chi connectivity index (χ0v) is 21.1. The third-order valence-electron chi connectivity index (χ3n) is 6.98. The minimum atomic E-state index is -0.526. The van der Waals surface area contributed by atoms with Gasteiger partial charge in [0.05, 0.1) is 5.56 Å². The van der Waals surface area contributed by atoms with Gasteiger partial charge in [-0.05, 0) is 54.5 Å². The number of nitriles is 1. The number of aromatic nitrogens is 2. The summed E-state index contributed by atoms with van der Waals surface area (Å²) < 4.78 is 1.45. The van der Waals surface area contributed by atoms with E-state index in [2.05, 4.69) is 34.5 Å². The molecule has 0 atom stereocenters. The molecule has 38 heavy (non-hydrogen) atoms. The number of anilines is 1. The Balaban J connectivity index is 1.42. The highest BCUT2D eigenvalue weighted by molar-refractivity contribution is 6.02. The van der Waals surface area contributed by atoms with E-state index in [0.29, 0.717) is 17.4 Å². The zero-order chi connectivity index (χ0) is 26.3. The van der Waals surface area contributed by atoms with Gasteiger partial charge in [-0.25, -0.2) is 4.98 Å². The summed E-state index contributed by atoms with van der Waals surface area (Å²) in [5, 5.41) is 12.6. The van der Waals surface area contributed by atoms with Gasteiger partial charge in [0.1, 0.15) is 23.1 Å². The quantitative estimate of drug-likeness (QED) is 0.299. The normalized spacial score (nSPS) is 14.3. The van der Waals surface area contributed by atoms with Crippen LogP contribution in [0.3, 0.4) is 0 Å². The van der Waals surface area contributed by atoms with Crippen molar-refractivity contribution in [2.45, 2.75) is 25.8 Å². The molecule has 1 aliphatic rings. The molecule has 5 rings (SSSR count). The first kappa shape index (κ1) is 25.0. The van der Waals surface area contributed by atoms with Crippen LogP contribution in [0.4, 0.5) is 5.82 Å². The molecule has 0 unspecified atom stereocenters. The van der Waals surface area contributed by atoms with Gasteiger partial charge in [-0.2, -0.15) is 5.26 Å². The van der Waals surface area contributed by atoms with E-state index in [1.807, 2.05) is 48.5 Å². The summed E-state index contributed by atoms with van der Waals surface area (Å²) >= 11 is 0. The fourth-order valence-corrected chi connectivity index (χ4v) is 4.92.